The summed E-state index contributed by atoms with van der Waals surface area (Å²) in [6.45, 7) is 15.3. The van der Waals surface area contributed by atoms with E-state index < -0.39 is 11.9 Å². The van der Waals surface area contributed by atoms with E-state index in [1.54, 1.807) is 0 Å². The van der Waals surface area contributed by atoms with Gasteiger partial charge in [0.15, 0.2) is 0 Å². The number of quaternary nitrogens is 1. The maximum atomic E-state index is 11.5. The van der Waals surface area contributed by atoms with Gasteiger partial charge in [0.1, 0.15) is 25.3 Å². The van der Waals surface area contributed by atoms with E-state index >= 15 is 0 Å². The van der Waals surface area contributed by atoms with Crippen LogP contribution in [0.15, 0.2) is 25.3 Å². The quantitative estimate of drug-likeness (QED) is 0.117. The molecule has 0 amide bonds. The summed E-state index contributed by atoms with van der Waals surface area (Å²) in [5.41, 5.74) is 0. The van der Waals surface area contributed by atoms with Crippen molar-refractivity contribution in [1.82, 2.24) is 0 Å². The van der Waals surface area contributed by atoms with Crippen molar-refractivity contribution >= 4 is 11.9 Å². The Balaban J connectivity index is 4.47. The van der Waals surface area contributed by atoms with Crippen LogP contribution in [0.5, 0.6) is 0 Å². The molecule has 0 radical (unpaired) electrons. The maximum Gasteiger partial charge on any atom is 0.330 e. The predicted octanol–water partition coefficient (Wildman–Crippen LogP) is 5.59. The van der Waals surface area contributed by atoms with Crippen LogP contribution in [0.4, 0.5) is 0 Å². The first-order chi connectivity index (χ1) is 14.3. The van der Waals surface area contributed by atoms with E-state index in [-0.39, 0.29) is 12.2 Å². The van der Waals surface area contributed by atoms with Gasteiger partial charge in [-0.25, -0.2) is 9.59 Å². The van der Waals surface area contributed by atoms with Crippen molar-refractivity contribution < 1.29 is 23.5 Å². The van der Waals surface area contributed by atoms with Crippen molar-refractivity contribution in [3.8, 4) is 0 Å². The molecule has 0 bridgehead atoms. The normalized spacial score (nSPS) is 14.9. The molecule has 2 unspecified atom stereocenters. The van der Waals surface area contributed by atoms with Gasteiger partial charge in [0, 0.05) is 12.2 Å². The van der Waals surface area contributed by atoms with Crippen LogP contribution in [-0.4, -0.2) is 55.3 Å². The Bertz CT molecular complexity index is 473. The summed E-state index contributed by atoms with van der Waals surface area (Å²) in [5.74, 6) is -0.807. The van der Waals surface area contributed by atoms with Crippen LogP contribution < -0.4 is 0 Å². The van der Waals surface area contributed by atoms with Crippen LogP contribution in [0, 0.1) is 0 Å². The van der Waals surface area contributed by atoms with Crippen LogP contribution in [0.1, 0.15) is 85.0 Å². The smallest absolute Gasteiger partial charge is 0.330 e. The molecule has 0 aliphatic carbocycles. The summed E-state index contributed by atoms with van der Waals surface area (Å²) in [5, 5.41) is 0. The number of unbranched alkanes of at least 4 members (excludes halogenated alkanes) is 9. The van der Waals surface area contributed by atoms with Crippen LogP contribution >= 0.6 is 0 Å². The molecule has 0 aromatic carbocycles. The van der Waals surface area contributed by atoms with Crippen molar-refractivity contribution in [2.24, 2.45) is 0 Å². The van der Waals surface area contributed by atoms with Crippen LogP contribution in [0.2, 0.25) is 0 Å². The first-order valence-corrected chi connectivity index (χ1v) is 11.8. The number of carbonyl (C=O) groups excluding carboxylic acids is 2. The molecule has 0 aromatic heterocycles. The van der Waals surface area contributed by atoms with E-state index in [0.29, 0.717) is 17.6 Å². The van der Waals surface area contributed by atoms with Crippen LogP contribution in [0.25, 0.3) is 0 Å². The largest absolute Gasteiger partial charge is 0.454 e. The molecule has 0 saturated heterocycles. The van der Waals surface area contributed by atoms with E-state index in [0.717, 1.165) is 13.0 Å². The number of nitrogens with zero attached hydrogens (tertiary/aromatic N) is 1. The highest BCUT2D eigenvalue weighted by molar-refractivity contribution is 5.81. The number of hydrogen-bond donors (Lipinski definition) is 0. The third kappa shape index (κ3) is 15.3. The molecule has 0 heterocycles. The van der Waals surface area contributed by atoms with Gasteiger partial charge in [-0.05, 0) is 26.7 Å². The average molecular weight is 425 g/mol. The molecular formula is C25H46NO4+. The van der Waals surface area contributed by atoms with Crippen LogP contribution in [0.3, 0.4) is 0 Å². The Morgan fingerprint density at radius 3 is 1.50 bits per heavy atom. The molecule has 0 aliphatic heterocycles. The van der Waals surface area contributed by atoms with Crippen molar-refractivity contribution in [1.29, 1.82) is 0 Å². The molecule has 0 aromatic rings. The molecule has 5 nitrogen and oxygen atoms in total. The second-order valence-electron chi connectivity index (χ2n) is 8.79. The Labute approximate surface area is 185 Å². The molecule has 2 atom stereocenters. The predicted molar refractivity (Wildman–Crippen MR) is 124 cm³/mol. The Morgan fingerprint density at radius 1 is 0.767 bits per heavy atom. The number of carbonyl (C=O) groups is 2. The first kappa shape index (κ1) is 28.4. The monoisotopic (exact) mass is 424 g/mol. The number of rotatable bonds is 19. The zero-order valence-electron chi connectivity index (χ0n) is 20.0. The fourth-order valence-corrected chi connectivity index (χ4v) is 4.05. The minimum absolute atomic E-state index is 0.231. The Hall–Kier alpha value is -1.62. The number of hydrogen-bond acceptors (Lipinski definition) is 4. The van der Waals surface area contributed by atoms with E-state index in [2.05, 4.69) is 27.1 Å². The minimum Gasteiger partial charge on any atom is -0.454 e. The highest BCUT2D eigenvalue weighted by Gasteiger charge is 2.29. The van der Waals surface area contributed by atoms with Gasteiger partial charge < -0.3 is 14.0 Å². The second-order valence-corrected chi connectivity index (χ2v) is 8.79. The van der Waals surface area contributed by atoms with Crippen LogP contribution in [-0.2, 0) is 19.1 Å². The standard InChI is InChI=1S/C25H46NO4/c1-7-10-11-12-13-14-15-16-17-18-19-26(6,20-22(4)29-24(27)8-2)21-23(5)30-25(28)9-3/h8-9,22-23H,2-3,7,10-21H2,1,4-6H3/q+1. The van der Waals surface area contributed by atoms with Gasteiger partial charge in [-0.15, -0.1) is 0 Å². The summed E-state index contributed by atoms with van der Waals surface area (Å²) >= 11 is 0. The highest BCUT2D eigenvalue weighted by atomic mass is 16.5. The fraction of sp³-hybridized carbons (Fsp3) is 0.760. The van der Waals surface area contributed by atoms with Gasteiger partial charge in [-0.3, -0.25) is 0 Å². The van der Waals surface area contributed by atoms with E-state index in [4.69, 9.17) is 9.47 Å². The lowest BCUT2D eigenvalue weighted by atomic mass is 10.1. The molecule has 30 heavy (non-hydrogen) atoms. The summed E-state index contributed by atoms with van der Waals surface area (Å²) in [4.78, 5) is 23.1. The SMILES string of the molecule is C=CC(=O)OC(C)C[N+](C)(CCCCCCCCCCCC)CC(C)OC(=O)C=C. The summed E-state index contributed by atoms with van der Waals surface area (Å²) in [7, 11) is 2.14. The number of ether oxygens (including phenoxy) is 2. The zero-order chi connectivity index (χ0) is 22.8. The summed E-state index contributed by atoms with van der Waals surface area (Å²) < 4.78 is 11.5. The van der Waals surface area contributed by atoms with Gasteiger partial charge in [0.05, 0.1) is 13.6 Å². The van der Waals surface area contributed by atoms with E-state index in [9.17, 15) is 9.59 Å². The average Bonchev–Trinajstić information content (AvgIpc) is 2.68. The maximum absolute atomic E-state index is 11.5. The molecule has 0 saturated carbocycles. The minimum atomic E-state index is -0.404. The van der Waals surface area contributed by atoms with Gasteiger partial charge in [-0.2, -0.15) is 0 Å². The van der Waals surface area contributed by atoms with Crippen molar-refractivity contribution in [3.05, 3.63) is 25.3 Å². The van der Waals surface area contributed by atoms with Gasteiger partial charge in [0.25, 0.3) is 0 Å². The summed E-state index contributed by atoms with van der Waals surface area (Å²) in [6.07, 6.45) is 14.9. The first-order valence-electron chi connectivity index (χ1n) is 11.8. The molecule has 174 valence electrons. The van der Waals surface area contributed by atoms with E-state index in [1.165, 1.54) is 69.9 Å². The van der Waals surface area contributed by atoms with Crippen molar-refractivity contribution in [3.63, 3.8) is 0 Å². The molecular weight excluding hydrogens is 378 g/mol. The lowest BCUT2D eigenvalue weighted by Gasteiger charge is -2.38. The fourth-order valence-electron chi connectivity index (χ4n) is 4.05. The third-order valence-electron chi connectivity index (χ3n) is 5.42. The van der Waals surface area contributed by atoms with Crippen molar-refractivity contribution in [2.45, 2.75) is 97.2 Å². The second kappa shape index (κ2) is 17.1. The Kier molecular flexibility index (Phi) is 16.2. The molecule has 0 spiro atoms. The van der Waals surface area contributed by atoms with Gasteiger partial charge >= 0.3 is 11.9 Å². The topological polar surface area (TPSA) is 52.6 Å². The zero-order valence-corrected chi connectivity index (χ0v) is 20.0. The Morgan fingerprint density at radius 2 is 1.13 bits per heavy atom. The summed E-state index contributed by atoms with van der Waals surface area (Å²) in [6, 6.07) is 0. The van der Waals surface area contributed by atoms with E-state index in [1.807, 2.05) is 13.8 Å². The number of esters is 2. The number of likely N-dealkylation sites (N-methyl/N-ethyl adjacent to an activating group) is 1. The lowest BCUT2D eigenvalue weighted by molar-refractivity contribution is -0.914. The molecule has 0 N–H and O–H groups in total. The molecule has 0 rings (SSSR count). The van der Waals surface area contributed by atoms with Gasteiger partial charge in [0.2, 0.25) is 0 Å². The molecule has 0 fully saturated rings. The molecule has 5 heteroatoms. The third-order valence-corrected chi connectivity index (χ3v) is 5.42. The highest BCUT2D eigenvalue weighted by Crippen LogP contribution is 2.15. The lowest BCUT2D eigenvalue weighted by Crippen LogP contribution is -2.53. The van der Waals surface area contributed by atoms with Crippen molar-refractivity contribution in [2.75, 3.05) is 26.7 Å². The van der Waals surface area contributed by atoms with Gasteiger partial charge in [-0.1, -0.05) is 71.4 Å². The molecule has 0 aliphatic rings.